The van der Waals surface area contributed by atoms with Gasteiger partial charge in [0.05, 0.1) is 12.7 Å². The summed E-state index contributed by atoms with van der Waals surface area (Å²) >= 11 is 6.51. The third kappa shape index (κ3) is 6.75. The second-order valence-corrected chi connectivity index (χ2v) is 13.9. The highest BCUT2D eigenvalue weighted by atomic mass is 35.5. The third-order valence-corrected chi connectivity index (χ3v) is 10.4. The van der Waals surface area contributed by atoms with Crippen molar-refractivity contribution in [2.45, 2.75) is 77.5 Å². The number of rotatable bonds is 8. The van der Waals surface area contributed by atoms with Crippen molar-refractivity contribution in [3.8, 4) is 5.75 Å². The van der Waals surface area contributed by atoms with Crippen LogP contribution in [0.25, 0.3) is 0 Å². The number of halogens is 1. The summed E-state index contributed by atoms with van der Waals surface area (Å²) in [5.74, 6) is 0.747. The van der Waals surface area contributed by atoms with Gasteiger partial charge in [-0.05, 0) is 62.0 Å². The molecule has 6 heteroatoms. The highest BCUT2D eigenvalue weighted by molar-refractivity contribution is 6.74. The molecule has 0 spiro atoms. The molecule has 1 aromatic rings. The number of hydrogen-bond donors (Lipinski definition) is 0. The monoisotopic (exact) mass is 414 g/mol. The highest BCUT2D eigenvalue weighted by Gasteiger charge is 2.38. The molecule has 154 valence electrons. The van der Waals surface area contributed by atoms with E-state index >= 15 is 0 Å². The van der Waals surface area contributed by atoms with E-state index in [1.807, 2.05) is 18.2 Å². The summed E-state index contributed by atoms with van der Waals surface area (Å²) in [6, 6.07) is 5.81. The molecule has 1 fully saturated rings. The molecule has 2 rings (SSSR count). The second kappa shape index (κ2) is 9.75. The molecule has 0 N–H and O–H groups in total. The van der Waals surface area contributed by atoms with Crippen LogP contribution in [0.5, 0.6) is 5.75 Å². The quantitative estimate of drug-likeness (QED) is 0.367. The second-order valence-electron chi connectivity index (χ2n) is 8.72. The summed E-state index contributed by atoms with van der Waals surface area (Å²) in [6.45, 7) is 15.1. The maximum Gasteiger partial charge on any atom is 0.192 e. The van der Waals surface area contributed by atoms with Crippen molar-refractivity contribution >= 4 is 19.9 Å². The fourth-order valence-corrected chi connectivity index (χ4v) is 4.48. The first-order chi connectivity index (χ1) is 12.6. The smallest absolute Gasteiger partial charge is 0.192 e. The molecule has 0 bridgehead atoms. The van der Waals surface area contributed by atoms with Gasteiger partial charge in [-0.15, -0.1) is 0 Å². The number of ether oxygens (including phenoxy) is 3. The van der Waals surface area contributed by atoms with Crippen LogP contribution >= 0.6 is 11.6 Å². The molecule has 4 nitrogen and oxygen atoms in total. The van der Waals surface area contributed by atoms with Gasteiger partial charge in [0.15, 0.2) is 14.6 Å². The molecule has 1 aliphatic heterocycles. The van der Waals surface area contributed by atoms with Gasteiger partial charge in [-0.3, -0.25) is 0 Å². The standard InChI is InChI=1S/C21H35ClO4Si/c1-16(26-27(5,6)21(2,3)4)18-11-10-17(15-19(18)22)23-13-14-25-20-9-7-8-12-24-20/h10-11,15-16,20H,7-9,12-14H2,1-6H3/t16-,20?/m0/s1. The maximum absolute atomic E-state index is 6.51. The van der Waals surface area contributed by atoms with E-state index in [-0.39, 0.29) is 17.4 Å². The van der Waals surface area contributed by atoms with Crippen molar-refractivity contribution in [1.82, 2.24) is 0 Å². The van der Waals surface area contributed by atoms with Crippen LogP contribution in [0.4, 0.5) is 0 Å². The third-order valence-electron chi connectivity index (χ3n) is 5.48. The predicted molar refractivity (Wildman–Crippen MR) is 113 cm³/mol. The Kier molecular flexibility index (Phi) is 8.19. The SMILES string of the molecule is C[C@H](O[Si](C)(C)C(C)(C)C)c1ccc(OCCOC2CCCCO2)cc1Cl. The lowest BCUT2D eigenvalue weighted by atomic mass is 10.1. The Morgan fingerprint density at radius 3 is 2.56 bits per heavy atom. The van der Waals surface area contributed by atoms with E-state index in [4.69, 9.17) is 30.2 Å². The molecule has 1 unspecified atom stereocenters. The fraction of sp³-hybridized carbons (Fsp3) is 0.714. The van der Waals surface area contributed by atoms with Crippen molar-refractivity contribution in [3.05, 3.63) is 28.8 Å². The number of benzene rings is 1. The van der Waals surface area contributed by atoms with Gasteiger partial charge in [-0.25, -0.2) is 0 Å². The van der Waals surface area contributed by atoms with E-state index in [2.05, 4.69) is 40.8 Å². The molecule has 0 saturated carbocycles. The molecular weight excluding hydrogens is 380 g/mol. The van der Waals surface area contributed by atoms with Gasteiger partial charge in [0.2, 0.25) is 0 Å². The molecule has 1 saturated heterocycles. The zero-order valence-electron chi connectivity index (χ0n) is 17.6. The molecule has 2 atom stereocenters. The molecule has 1 aliphatic rings. The molecule has 1 heterocycles. The van der Waals surface area contributed by atoms with E-state index in [0.29, 0.717) is 18.2 Å². The Hall–Kier alpha value is -0.593. The lowest BCUT2D eigenvalue weighted by Gasteiger charge is -2.38. The van der Waals surface area contributed by atoms with E-state index in [1.165, 1.54) is 0 Å². The summed E-state index contributed by atoms with van der Waals surface area (Å²) in [5, 5.41) is 0.842. The first-order valence-corrected chi connectivity index (χ1v) is 13.2. The van der Waals surface area contributed by atoms with Crippen LogP contribution in [-0.2, 0) is 13.9 Å². The van der Waals surface area contributed by atoms with Gasteiger partial charge in [0, 0.05) is 11.6 Å². The number of hydrogen-bond acceptors (Lipinski definition) is 4. The highest BCUT2D eigenvalue weighted by Crippen LogP contribution is 2.40. The van der Waals surface area contributed by atoms with Crippen LogP contribution in [0.1, 0.15) is 58.6 Å². The first kappa shape index (κ1) is 22.7. The Labute approximate surface area is 170 Å². The summed E-state index contributed by atoms with van der Waals surface area (Å²) in [6.07, 6.45) is 3.13. The average Bonchev–Trinajstić information content (AvgIpc) is 2.58. The topological polar surface area (TPSA) is 36.9 Å². The molecule has 27 heavy (non-hydrogen) atoms. The molecular formula is C21H35ClO4Si. The van der Waals surface area contributed by atoms with Crippen LogP contribution in [0.3, 0.4) is 0 Å². The Morgan fingerprint density at radius 2 is 1.96 bits per heavy atom. The van der Waals surface area contributed by atoms with Gasteiger partial charge in [-0.2, -0.15) is 0 Å². The summed E-state index contributed by atoms with van der Waals surface area (Å²) < 4.78 is 23.5. The zero-order chi connectivity index (χ0) is 20.1. The van der Waals surface area contributed by atoms with Gasteiger partial charge in [-0.1, -0.05) is 38.4 Å². The van der Waals surface area contributed by atoms with Crippen LogP contribution in [0.15, 0.2) is 18.2 Å². The minimum Gasteiger partial charge on any atom is -0.491 e. The van der Waals surface area contributed by atoms with Gasteiger partial charge >= 0.3 is 0 Å². The Balaban J connectivity index is 1.85. The Morgan fingerprint density at radius 1 is 1.22 bits per heavy atom. The van der Waals surface area contributed by atoms with E-state index in [9.17, 15) is 0 Å². The summed E-state index contributed by atoms with van der Waals surface area (Å²) in [5.41, 5.74) is 1.00. The zero-order valence-corrected chi connectivity index (χ0v) is 19.4. The minimum absolute atomic E-state index is 0.0424. The van der Waals surface area contributed by atoms with Crippen LogP contribution in [0.2, 0.25) is 23.2 Å². The molecule has 0 aliphatic carbocycles. The van der Waals surface area contributed by atoms with Crippen LogP contribution in [0, 0.1) is 0 Å². The summed E-state index contributed by atoms with van der Waals surface area (Å²) in [7, 11) is -1.85. The van der Waals surface area contributed by atoms with Crippen molar-refractivity contribution in [2.24, 2.45) is 0 Å². The van der Waals surface area contributed by atoms with Crippen molar-refractivity contribution in [3.63, 3.8) is 0 Å². The average molecular weight is 415 g/mol. The lowest BCUT2D eigenvalue weighted by molar-refractivity contribution is -0.165. The maximum atomic E-state index is 6.51. The first-order valence-electron chi connectivity index (χ1n) is 9.93. The van der Waals surface area contributed by atoms with E-state index in [1.54, 1.807) is 0 Å². The van der Waals surface area contributed by atoms with Crippen molar-refractivity contribution in [1.29, 1.82) is 0 Å². The van der Waals surface area contributed by atoms with Crippen molar-refractivity contribution in [2.75, 3.05) is 19.8 Å². The molecule has 0 aromatic heterocycles. The normalized spacial score (nSPS) is 19.7. The minimum atomic E-state index is -1.85. The largest absolute Gasteiger partial charge is 0.491 e. The molecule has 0 radical (unpaired) electrons. The van der Waals surface area contributed by atoms with Crippen molar-refractivity contribution < 1.29 is 18.6 Å². The van der Waals surface area contributed by atoms with Crippen LogP contribution in [-0.4, -0.2) is 34.4 Å². The van der Waals surface area contributed by atoms with Gasteiger partial charge in [0.25, 0.3) is 0 Å². The van der Waals surface area contributed by atoms with E-state index < -0.39 is 8.32 Å². The van der Waals surface area contributed by atoms with Crippen LogP contribution < -0.4 is 4.74 Å². The summed E-state index contributed by atoms with van der Waals surface area (Å²) in [4.78, 5) is 0. The molecule has 0 amide bonds. The fourth-order valence-electron chi connectivity index (χ4n) is 2.79. The Bertz CT molecular complexity index is 594. The van der Waals surface area contributed by atoms with Gasteiger partial charge in [0.1, 0.15) is 12.4 Å². The lowest BCUT2D eigenvalue weighted by Crippen LogP contribution is -2.41. The van der Waals surface area contributed by atoms with Gasteiger partial charge < -0.3 is 18.6 Å². The van der Waals surface area contributed by atoms with E-state index in [0.717, 1.165) is 37.2 Å². The molecule has 1 aromatic carbocycles. The predicted octanol–water partition coefficient (Wildman–Crippen LogP) is 6.34.